The van der Waals surface area contributed by atoms with E-state index in [4.69, 9.17) is 0 Å². The van der Waals surface area contributed by atoms with Crippen LogP contribution in [-0.2, 0) is 16.1 Å². The molecule has 2 aromatic rings. The molecular formula is C21H24N4O2. The van der Waals surface area contributed by atoms with Gasteiger partial charge in [-0.05, 0) is 30.2 Å². The second-order valence-corrected chi connectivity index (χ2v) is 7.47. The summed E-state index contributed by atoms with van der Waals surface area (Å²) in [6.07, 6.45) is 4.52. The molecule has 2 fully saturated rings. The number of aromatic nitrogens is 1. The highest BCUT2D eigenvalue weighted by molar-refractivity contribution is 5.98. The SMILES string of the molecule is CC(=O)N1CC(=O)N(c2ccccc2)C[C@]12CCN(Cc1cccnc1)C2. The Hall–Kier alpha value is -2.73. The van der Waals surface area contributed by atoms with Crippen molar-refractivity contribution in [1.29, 1.82) is 0 Å². The highest BCUT2D eigenvalue weighted by Gasteiger charge is 2.50. The maximum Gasteiger partial charge on any atom is 0.246 e. The van der Waals surface area contributed by atoms with Gasteiger partial charge in [-0.2, -0.15) is 0 Å². The molecule has 2 aliphatic rings. The summed E-state index contributed by atoms with van der Waals surface area (Å²) in [5.74, 6) is -0.0491. The molecule has 140 valence electrons. The minimum absolute atomic E-state index is 0.0206. The van der Waals surface area contributed by atoms with E-state index in [9.17, 15) is 9.59 Å². The van der Waals surface area contributed by atoms with Gasteiger partial charge in [0.15, 0.2) is 0 Å². The van der Waals surface area contributed by atoms with Crippen molar-refractivity contribution < 1.29 is 9.59 Å². The lowest BCUT2D eigenvalue weighted by Gasteiger charge is -2.48. The Balaban J connectivity index is 1.58. The highest BCUT2D eigenvalue weighted by atomic mass is 16.2. The molecule has 27 heavy (non-hydrogen) atoms. The van der Waals surface area contributed by atoms with Crippen molar-refractivity contribution in [3.05, 3.63) is 60.4 Å². The zero-order valence-electron chi connectivity index (χ0n) is 15.5. The van der Waals surface area contributed by atoms with Crippen molar-refractivity contribution >= 4 is 17.5 Å². The summed E-state index contributed by atoms with van der Waals surface area (Å²) in [6, 6.07) is 13.8. The number of nitrogens with zero attached hydrogens (tertiary/aromatic N) is 4. The molecule has 0 bridgehead atoms. The largest absolute Gasteiger partial charge is 0.325 e. The molecule has 6 nitrogen and oxygen atoms in total. The van der Waals surface area contributed by atoms with Crippen LogP contribution >= 0.6 is 0 Å². The Bertz CT molecular complexity index is 827. The maximum absolute atomic E-state index is 12.7. The number of para-hydroxylation sites is 1. The first-order valence-corrected chi connectivity index (χ1v) is 9.32. The standard InChI is InChI=1S/C21H24N4O2/c1-17(26)25-14-20(27)24(19-7-3-2-4-8-19)16-21(25)9-11-23(15-21)13-18-6-5-10-22-12-18/h2-8,10,12H,9,11,13-16H2,1H3/t21-/m1/s1. The number of pyridine rings is 1. The molecule has 0 unspecified atom stereocenters. The molecule has 1 spiro atoms. The number of benzene rings is 1. The molecule has 4 rings (SSSR count). The number of anilines is 1. The third-order valence-corrected chi connectivity index (χ3v) is 5.61. The van der Waals surface area contributed by atoms with Gasteiger partial charge in [0.05, 0.1) is 12.1 Å². The molecule has 0 aliphatic carbocycles. The van der Waals surface area contributed by atoms with Crippen LogP contribution in [0.1, 0.15) is 18.9 Å². The van der Waals surface area contributed by atoms with Crippen LogP contribution in [-0.4, -0.2) is 58.3 Å². The van der Waals surface area contributed by atoms with Crippen LogP contribution in [0.2, 0.25) is 0 Å². The molecule has 1 aromatic carbocycles. The second-order valence-electron chi connectivity index (χ2n) is 7.47. The zero-order chi connectivity index (χ0) is 18.9. The topological polar surface area (TPSA) is 56.8 Å². The minimum atomic E-state index is -0.336. The second kappa shape index (κ2) is 7.12. The molecule has 1 atom stereocenters. The van der Waals surface area contributed by atoms with E-state index in [0.717, 1.165) is 37.3 Å². The van der Waals surface area contributed by atoms with Crippen molar-refractivity contribution in [3.8, 4) is 0 Å². The summed E-state index contributed by atoms with van der Waals surface area (Å²) >= 11 is 0. The van der Waals surface area contributed by atoms with Gasteiger partial charge in [-0.15, -0.1) is 0 Å². The van der Waals surface area contributed by atoms with Gasteiger partial charge in [0, 0.05) is 44.6 Å². The molecule has 0 saturated carbocycles. The zero-order valence-corrected chi connectivity index (χ0v) is 15.5. The van der Waals surface area contributed by atoms with E-state index in [1.807, 2.05) is 47.5 Å². The molecule has 3 heterocycles. The number of carbonyl (C=O) groups excluding carboxylic acids is 2. The first kappa shape index (κ1) is 17.7. The molecule has 2 saturated heterocycles. The fraction of sp³-hybridized carbons (Fsp3) is 0.381. The maximum atomic E-state index is 12.7. The summed E-state index contributed by atoms with van der Waals surface area (Å²) in [5.41, 5.74) is 1.73. The Morgan fingerprint density at radius 3 is 2.67 bits per heavy atom. The summed E-state index contributed by atoms with van der Waals surface area (Å²) in [7, 11) is 0. The van der Waals surface area contributed by atoms with Crippen LogP contribution < -0.4 is 4.90 Å². The van der Waals surface area contributed by atoms with Crippen molar-refractivity contribution in [2.24, 2.45) is 0 Å². The number of amides is 2. The first-order chi connectivity index (χ1) is 13.1. The number of rotatable bonds is 3. The third kappa shape index (κ3) is 3.45. The van der Waals surface area contributed by atoms with E-state index in [-0.39, 0.29) is 23.9 Å². The molecule has 0 N–H and O–H groups in total. The van der Waals surface area contributed by atoms with E-state index >= 15 is 0 Å². The van der Waals surface area contributed by atoms with Gasteiger partial charge in [-0.1, -0.05) is 24.3 Å². The predicted octanol–water partition coefficient (Wildman–Crippen LogP) is 1.92. The molecule has 1 aromatic heterocycles. The quantitative estimate of drug-likeness (QED) is 0.835. The summed E-state index contributed by atoms with van der Waals surface area (Å²) < 4.78 is 0. The Kier molecular flexibility index (Phi) is 4.66. The Morgan fingerprint density at radius 1 is 1.15 bits per heavy atom. The lowest BCUT2D eigenvalue weighted by Crippen LogP contribution is -2.66. The summed E-state index contributed by atoms with van der Waals surface area (Å²) in [5, 5.41) is 0. The number of hydrogen-bond acceptors (Lipinski definition) is 4. The van der Waals surface area contributed by atoms with Crippen molar-refractivity contribution in [1.82, 2.24) is 14.8 Å². The van der Waals surface area contributed by atoms with E-state index in [1.165, 1.54) is 0 Å². The van der Waals surface area contributed by atoms with E-state index in [0.29, 0.717) is 6.54 Å². The number of carbonyl (C=O) groups is 2. The van der Waals surface area contributed by atoms with Gasteiger partial charge in [-0.25, -0.2) is 0 Å². The lowest BCUT2D eigenvalue weighted by molar-refractivity contribution is -0.142. The third-order valence-electron chi connectivity index (χ3n) is 5.61. The van der Waals surface area contributed by atoms with E-state index in [2.05, 4.69) is 16.0 Å². The molecule has 0 radical (unpaired) electrons. The summed E-state index contributed by atoms with van der Waals surface area (Å²) in [6.45, 7) is 4.72. The Morgan fingerprint density at radius 2 is 1.96 bits per heavy atom. The number of piperazine rings is 1. The normalized spacial score (nSPS) is 23.2. The fourth-order valence-corrected chi connectivity index (χ4v) is 4.32. The van der Waals surface area contributed by atoms with E-state index < -0.39 is 0 Å². The van der Waals surface area contributed by atoms with Crippen LogP contribution in [0.4, 0.5) is 5.69 Å². The highest BCUT2D eigenvalue weighted by Crippen LogP contribution is 2.35. The molecule has 6 heteroatoms. The fourth-order valence-electron chi connectivity index (χ4n) is 4.32. The van der Waals surface area contributed by atoms with Crippen LogP contribution in [0, 0.1) is 0 Å². The van der Waals surface area contributed by atoms with E-state index in [1.54, 1.807) is 18.0 Å². The molecular weight excluding hydrogens is 340 g/mol. The molecule has 2 aliphatic heterocycles. The monoisotopic (exact) mass is 364 g/mol. The summed E-state index contributed by atoms with van der Waals surface area (Å²) in [4.78, 5) is 35.2. The minimum Gasteiger partial charge on any atom is -0.325 e. The van der Waals surface area contributed by atoms with Gasteiger partial charge < -0.3 is 9.80 Å². The Labute approximate surface area is 159 Å². The van der Waals surface area contributed by atoms with Crippen LogP contribution in [0.15, 0.2) is 54.9 Å². The van der Waals surface area contributed by atoms with Crippen molar-refractivity contribution in [3.63, 3.8) is 0 Å². The number of likely N-dealkylation sites (tertiary alicyclic amines) is 1. The predicted molar refractivity (Wildman–Crippen MR) is 103 cm³/mol. The lowest BCUT2D eigenvalue weighted by atomic mass is 9.91. The van der Waals surface area contributed by atoms with Gasteiger partial charge in [-0.3, -0.25) is 19.5 Å². The average Bonchev–Trinajstić information content (AvgIpc) is 3.07. The number of hydrogen-bond donors (Lipinski definition) is 0. The van der Waals surface area contributed by atoms with Crippen LogP contribution in [0.25, 0.3) is 0 Å². The van der Waals surface area contributed by atoms with Gasteiger partial charge in [0.25, 0.3) is 0 Å². The first-order valence-electron chi connectivity index (χ1n) is 9.32. The molecule has 2 amide bonds. The smallest absolute Gasteiger partial charge is 0.246 e. The van der Waals surface area contributed by atoms with Gasteiger partial charge in [0.1, 0.15) is 6.54 Å². The average molecular weight is 364 g/mol. The van der Waals surface area contributed by atoms with Crippen molar-refractivity contribution in [2.75, 3.05) is 31.1 Å². The van der Waals surface area contributed by atoms with Gasteiger partial charge >= 0.3 is 0 Å². The van der Waals surface area contributed by atoms with Crippen LogP contribution in [0.5, 0.6) is 0 Å². The van der Waals surface area contributed by atoms with Gasteiger partial charge in [0.2, 0.25) is 11.8 Å². The van der Waals surface area contributed by atoms with Crippen molar-refractivity contribution in [2.45, 2.75) is 25.4 Å². The van der Waals surface area contributed by atoms with Crippen LogP contribution in [0.3, 0.4) is 0 Å².